The molecule has 1 atom stereocenters. The predicted octanol–water partition coefficient (Wildman–Crippen LogP) is 2.24. The normalized spacial score (nSPS) is 18.7. The SMILES string of the molecule is C=NN(/C=C(\C)c1ncnc2[nH]ccc12)C1(CC#N)CN(S(=O)(CC)=NC)C1. The Hall–Kier alpha value is -2.77. The number of H-pyrrole nitrogens is 1. The molecule has 0 aliphatic carbocycles. The molecule has 0 bridgehead atoms. The van der Waals surface area contributed by atoms with Crippen LogP contribution >= 0.6 is 0 Å². The zero-order chi connectivity index (χ0) is 20.4. The Morgan fingerprint density at radius 1 is 1.57 bits per heavy atom. The summed E-state index contributed by atoms with van der Waals surface area (Å²) in [6.07, 6.45) is 5.40. The Bertz CT molecular complexity index is 1070. The van der Waals surface area contributed by atoms with Crippen LogP contribution in [0.5, 0.6) is 0 Å². The third-order valence-electron chi connectivity index (χ3n) is 5.10. The molecule has 148 valence electrons. The maximum absolute atomic E-state index is 12.8. The number of nitriles is 1. The lowest BCUT2D eigenvalue weighted by atomic mass is 9.88. The Balaban J connectivity index is 1.94. The quantitative estimate of drug-likeness (QED) is 0.565. The molecule has 1 aliphatic rings. The Morgan fingerprint density at radius 2 is 2.32 bits per heavy atom. The van der Waals surface area contributed by atoms with E-state index >= 15 is 0 Å². The van der Waals surface area contributed by atoms with Gasteiger partial charge in [-0.3, -0.25) is 5.01 Å². The van der Waals surface area contributed by atoms with Crippen LogP contribution in [0, 0.1) is 11.3 Å². The molecule has 1 fully saturated rings. The molecule has 3 heterocycles. The average Bonchev–Trinajstić information content (AvgIpc) is 3.16. The summed E-state index contributed by atoms with van der Waals surface area (Å²) >= 11 is 0. The Labute approximate surface area is 165 Å². The smallest absolute Gasteiger partial charge is 0.141 e. The zero-order valence-corrected chi connectivity index (χ0v) is 17.1. The fraction of sp³-hybridized carbons (Fsp3) is 0.444. The van der Waals surface area contributed by atoms with E-state index < -0.39 is 15.5 Å². The summed E-state index contributed by atoms with van der Waals surface area (Å²) in [6, 6.07) is 4.15. The number of nitrogens with one attached hydrogen (secondary N) is 1. The van der Waals surface area contributed by atoms with Crippen LogP contribution in [-0.4, -0.2) is 66.6 Å². The van der Waals surface area contributed by atoms with Crippen molar-refractivity contribution in [3.63, 3.8) is 0 Å². The number of hydrogen-bond donors (Lipinski definition) is 1. The first-order chi connectivity index (χ1) is 13.4. The van der Waals surface area contributed by atoms with Crippen molar-refractivity contribution in [3.05, 3.63) is 30.5 Å². The molecule has 2 aromatic rings. The van der Waals surface area contributed by atoms with Crippen molar-refractivity contribution in [2.75, 3.05) is 25.9 Å². The van der Waals surface area contributed by atoms with Crippen LogP contribution in [-0.2, 0) is 9.92 Å². The monoisotopic (exact) mass is 400 g/mol. The van der Waals surface area contributed by atoms with Gasteiger partial charge in [-0.2, -0.15) is 10.4 Å². The van der Waals surface area contributed by atoms with Crippen LogP contribution in [0.2, 0.25) is 0 Å². The van der Waals surface area contributed by atoms with Crippen LogP contribution in [0.15, 0.2) is 34.3 Å². The topological polar surface area (TPSA) is 114 Å². The van der Waals surface area contributed by atoms with Gasteiger partial charge in [0.25, 0.3) is 0 Å². The number of allylic oxidation sites excluding steroid dienone is 1. The predicted molar refractivity (Wildman–Crippen MR) is 110 cm³/mol. The third kappa shape index (κ3) is 3.27. The molecule has 1 saturated heterocycles. The van der Waals surface area contributed by atoms with Crippen molar-refractivity contribution < 1.29 is 4.21 Å². The summed E-state index contributed by atoms with van der Waals surface area (Å²) in [7, 11) is -0.855. The minimum Gasteiger partial charge on any atom is -0.346 e. The highest BCUT2D eigenvalue weighted by Crippen LogP contribution is 2.35. The second-order valence-electron chi connectivity index (χ2n) is 6.70. The maximum Gasteiger partial charge on any atom is 0.141 e. The molecule has 0 radical (unpaired) electrons. The molecule has 1 N–H and O–H groups in total. The molecule has 1 unspecified atom stereocenters. The van der Waals surface area contributed by atoms with Gasteiger partial charge in [0.05, 0.1) is 18.2 Å². The number of aromatic amines is 1. The molecule has 3 rings (SSSR count). The lowest BCUT2D eigenvalue weighted by Gasteiger charge is -2.52. The van der Waals surface area contributed by atoms with E-state index in [1.54, 1.807) is 12.1 Å². The first-order valence-corrected chi connectivity index (χ1v) is 10.5. The number of rotatable bonds is 7. The van der Waals surface area contributed by atoms with Crippen LogP contribution in [0.25, 0.3) is 16.6 Å². The summed E-state index contributed by atoms with van der Waals surface area (Å²) < 4.78 is 18.7. The molecule has 0 saturated carbocycles. The van der Waals surface area contributed by atoms with Crippen LogP contribution in [0.4, 0.5) is 0 Å². The summed E-state index contributed by atoms with van der Waals surface area (Å²) in [6.45, 7) is 8.32. The molecule has 9 nitrogen and oxygen atoms in total. The van der Waals surface area contributed by atoms with E-state index in [0.717, 1.165) is 22.3 Å². The highest BCUT2D eigenvalue weighted by atomic mass is 32.2. The van der Waals surface area contributed by atoms with Crippen molar-refractivity contribution in [1.29, 1.82) is 5.26 Å². The van der Waals surface area contributed by atoms with Crippen molar-refractivity contribution in [2.45, 2.75) is 25.8 Å². The summed E-state index contributed by atoms with van der Waals surface area (Å²) in [4.78, 5) is 11.7. The molecular formula is C18H24N8OS. The molecule has 1 aliphatic heterocycles. The van der Waals surface area contributed by atoms with Gasteiger partial charge in [0, 0.05) is 50.4 Å². The first kappa shape index (κ1) is 20.0. The average molecular weight is 401 g/mol. The highest BCUT2D eigenvalue weighted by molar-refractivity contribution is 7.91. The van der Waals surface area contributed by atoms with Gasteiger partial charge in [-0.25, -0.2) is 22.8 Å². The fourth-order valence-electron chi connectivity index (χ4n) is 3.48. The van der Waals surface area contributed by atoms with E-state index in [1.165, 1.54) is 6.33 Å². The number of hydrazone groups is 1. The number of hydrogen-bond acceptors (Lipinski definition) is 7. The first-order valence-electron chi connectivity index (χ1n) is 8.91. The Morgan fingerprint density at radius 3 is 2.93 bits per heavy atom. The Kier molecular flexibility index (Phi) is 5.49. The fourth-order valence-corrected chi connectivity index (χ4v) is 5.22. The van der Waals surface area contributed by atoms with Gasteiger partial charge in [-0.05, 0) is 18.6 Å². The zero-order valence-electron chi connectivity index (χ0n) is 16.3. The minimum absolute atomic E-state index is 0.235. The van der Waals surface area contributed by atoms with Gasteiger partial charge in [0.15, 0.2) is 0 Å². The molecule has 28 heavy (non-hydrogen) atoms. The molecule has 2 aromatic heterocycles. The van der Waals surface area contributed by atoms with Gasteiger partial charge in [-0.1, -0.05) is 6.92 Å². The van der Waals surface area contributed by atoms with E-state index in [2.05, 4.69) is 37.2 Å². The molecule has 0 spiro atoms. The van der Waals surface area contributed by atoms with Crippen LogP contribution in [0.1, 0.15) is 26.0 Å². The van der Waals surface area contributed by atoms with E-state index in [-0.39, 0.29) is 6.42 Å². The number of fused-ring (bicyclic) bond motifs is 1. The van der Waals surface area contributed by atoms with Crippen molar-refractivity contribution in [1.82, 2.24) is 24.3 Å². The molecular weight excluding hydrogens is 376 g/mol. The van der Waals surface area contributed by atoms with Crippen molar-refractivity contribution in [2.24, 2.45) is 9.46 Å². The van der Waals surface area contributed by atoms with Crippen LogP contribution in [0.3, 0.4) is 0 Å². The lowest BCUT2D eigenvalue weighted by Crippen LogP contribution is -2.68. The van der Waals surface area contributed by atoms with Gasteiger partial charge < -0.3 is 4.98 Å². The van der Waals surface area contributed by atoms with E-state index in [0.29, 0.717) is 18.8 Å². The second kappa shape index (κ2) is 7.69. The summed E-state index contributed by atoms with van der Waals surface area (Å²) in [5.41, 5.74) is 1.81. The highest BCUT2D eigenvalue weighted by Gasteiger charge is 2.50. The summed E-state index contributed by atoms with van der Waals surface area (Å²) in [5.74, 6) is 0.439. The summed E-state index contributed by atoms with van der Waals surface area (Å²) in [5, 5.41) is 16.1. The van der Waals surface area contributed by atoms with Crippen molar-refractivity contribution >= 4 is 33.2 Å². The second-order valence-corrected chi connectivity index (χ2v) is 9.37. The number of nitrogens with zero attached hydrogens (tertiary/aromatic N) is 7. The van der Waals surface area contributed by atoms with Gasteiger partial charge in [0.1, 0.15) is 27.4 Å². The third-order valence-corrected chi connectivity index (χ3v) is 7.48. The van der Waals surface area contributed by atoms with Crippen molar-refractivity contribution in [3.8, 4) is 6.07 Å². The van der Waals surface area contributed by atoms with Gasteiger partial charge >= 0.3 is 0 Å². The van der Waals surface area contributed by atoms with E-state index in [9.17, 15) is 9.47 Å². The molecule has 0 aromatic carbocycles. The van der Waals surface area contributed by atoms with E-state index in [1.807, 2.05) is 36.6 Å². The standard InChI is InChI=1S/C18H24N8OS/c1-5-28(27,21-4)25-11-18(12-25,7-8-19)26(20-3)10-14(2)16-15-6-9-22-17(15)24-13-23-16/h6,9-10,13H,3,5,7,11-12H2,1-2,4H3,(H,22,23,24)/b14-10+. The lowest BCUT2D eigenvalue weighted by molar-refractivity contribution is 0.0280. The largest absolute Gasteiger partial charge is 0.346 e. The molecule has 10 heteroatoms. The van der Waals surface area contributed by atoms with Gasteiger partial charge in [-0.15, -0.1) is 0 Å². The maximum atomic E-state index is 12.8. The van der Waals surface area contributed by atoms with Crippen LogP contribution < -0.4 is 0 Å². The minimum atomic E-state index is -2.43. The van der Waals surface area contributed by atoms with Gasteiger partial charge in [0.2, 0.25) is 0 Å². The number of aromatic nitrogens is 3. The van der Waals surface area contributed by atoms with E-state index in [4.69, 9.17) is 0 Å². The molecule has 0 amide bonds.